The van der Waals surface area contributed by atoms with Crippen molar-refractivity contribution in [3.63, 3.8) is 0 Å². The first-order valence-electron chi connectivity index (χ1n) is 9.96. The number of anilines is 1. The van der Waals surface area contributed by atoms with E-state index in [4.69, 9.17) is 23.2 Å². The van der Waals surface area contributed by atoms with Crippen molar-refractivity contribution in [1.29, 1.82) is 0 Å². The number of nitrogens with zero attached hydrogens (tertiary/aromatic N) is 2. The molecule has 1 aliphatic rings. The fourth-order valence-electron chi connectivity index (χ4n) is 3.82. The van der Waals surface area contributed by atoms with Gasteiger partial charge in [-0.3, -0.25) is 14.5 Å². The van der Waals surface area contributed by atoms with Gasteiger partial charge in [0, 0.05) is 11.6 Å². The third-order valence-electron chi connectivity index (χ3n) is 5.47. The maximum absolute atomic E-state index is 13.8. The summed E-state index contributed by atoms with van der Waals surface area (Å²) >= 11 is 12.9. The molecule has 176 valence electrons. The van der Waals surface area contributed by atoms with E-state index in [0.717, 1.165) is 28.4 Å². The number of rotatable bonds is 3. The Hall–Kier alpha value is -3.53. The molecule has 35 heavy (non-hydrogen) atoms. The summed E-state index contributed by atoms with van der Waals surface area (Å²) in [7, 11) is 0. The topological polar surface area (TPSA) is 90.7 Å². The second kappa shape index (κ2) is 8.60. The highest BCUT2D eigenvalue weighted by atomic mass is 35.5. The molecule has 2 heterocycles. The molecule has 3 aromatic carbocycles. The molecule has 0 bridgehead atoms. The highest BCUT2D eigenvalue weighted by Crippen LogP contribution is 2.45. The van der Waals surface area contributed by atoms with Crippen LogP contribution in [0.5, 0.6) is 5.75 Å². The lowest BCUT2D eigenvalue weighted by atomic mass is 9.95. The van der Waals surface area contributed by atoms with Gasteiger partial charge in [0.15, 0.2) is 16.8 Å². The van der Waals surface area contributed by atoms with Crippen molar-refractivity contribution in [2.24, 2.45) is 0 Å². The molecule has 1 saturated heterocycles. The molecule has 1 atom stereocenters. The molecular formula is C24H12Cl2F2N2O4S. The normalized spacial score (nSPS) is 17.5. The van der Waals surface area contributed by atoms with Crippen LogP contribution >= 0.6 is 34.5 Å². The van der Waals surface area contributed by atoms with E-state index >= 15 is 0 Å². The van der Waals surface area contributed by atoms with Crippen LogP contribution in [0.2, 0.25) is 10.0 Å². The third-order valence-corrected chi connectivity index (χ3v) is 7.23. The van der Waals surface area contributed by atoms with E-state index in [2.05, 4.69) is 4.98 Å². The number of amides is 1. The molecule has 5 rings (SSSR count). The van der Waals surface area contributed by atoms with Crippen LogP contribution in [0.25, 0.3) is 16.0 Å². The first-order chi connectivity index (χ1) is 16.7. The highest BCUT2D eigenvalue weighted by Gasteiger charge is 2.48. The second-order valence-electron chi connectivity index (χ2n) is 7.62. The van der Waals surface area contributed by atoms with E-state index in [1.807, 2.05) is 0 Å². The second-order valence-corrected chi connectivity index (χ2v) is 9.44. The van der Waals surface area contributed by atoms with Crippen molar-refractivity contribution >= 4 is 67.3 Å². The average Bonchev–Trinajstić information content (AvgIpc) is 3.33. The van der Waals surface area contributed by atoms with Gasteiger partial charge in [-0.1, -0.05) is 46.7 Å². The van der Waals surface area contributed by atoms with E-state index in [1.165, 1.54) is 42.5 Å². The number of fused-ring (bicyclic) bond motifs is 1. The van der Waals surface area contributed by atoms with Crippen molar-refractivity contribution < 1.29 is 28.6 Å². The highest BCUT2D eigenvalue weighted by molar-refractivity contribution is 7.22. The largest absolute Gasteiger partial charge is 0.508 e. The van der Waals surface area contributed by atoms with Crippen molar-refractivity contribution in [3.05, 3.63) is 93.0 Å². The van der Waals surface area contributed by atoms with E-state index in [9.17, 15) is 28.6 Å². The first kappa shape index (κ1) is 23.2. The van der Waals surface area contributed by atoms with Crippen molar-refractivity contribution in [1.82, 2.24) is 4.98 Å². The van der Waals surface area contributed by atoms with Crippen LogP contribution in [0.3, 0.4) is 0 Å². The summed E-state index contributed by atoms with van der Waals surface area (Å²) in [5.74, 6) is -4.73. The number of aliphatic hydroxyl groups is 1. The molecule has 4 aromatic rings. The maximum Gasteiger partial charge on any atom is 0.301 e. The summed E-state index contributed by atoms with van der Waals surface area (Å²) in [5.41, 5.74) is 0.366. The molecule has 0 aliphatic carbocycles. The predicted molar refractivity (Wildman–Crippen MR) is 129 cm³/mol. The number of carbonyl (C=O) groups is 2. The zero-order chi connectivity index (χ0) is 25.0. The number of carbonyl (C=O) groups excluding carboxylic acids is 2. The zero-order valence-corrected chi connectivity index (χ0v) is 19.6. The Kier molecular flexibility index (Phi) is 5.71. The minimum absolute atomic E-state index is 0.00152. The fourth-order valence-corrected chi connectivity index (χ4v) is 5.11. The lowest BCUT2D eigenvalue weighted by Gasteiger charge is -2.23. The van der Waals surface area contributed by atoms with Crippen LogP contribution in [0, 0.1) is 11.6 Å². The van der Waals surface area contributed by atoms with Gasteiger partial charge in [0.05, 0.1) is 31.9 Å². The summed E-state index contributed by atoms with van der Waals surface area (Å²) in [4.78, 5) is 31.6. The minimum Gasteiger partial charge on any atom is -0.508 e. The molecule has 0 spiro atoms. The zero-order valence-electron chi connectivity index (χ0n) is 17.3. The number of hydrogen-bond donors (Lipinski definition) is 2. The number of benzene rings is 3. The lowest BCUT2D eigenvalue weighted by molar-refractivity contribution is -0.132. The van der Waals surface area contributed by atoms with Gasteiger partial charge in [0.25, 0.3) is 5.78 Å². The Morgan fingerprint density at radius 2 is 1.66 bits per heavy atom. The number of hydrogen-bond acceptors (Lipinski definition) is 6. The van der Waals surface area contributed by atoms with Crippen molar-refractivity contribution in [3.8, 4) is 5.75 Å². The van der Waals surface area contributed by atoms with Gasteiger partial charge in [-0.25, -0.2) is 13.8 Å². The fraction of sp³-hybridized carbons (Fsp3) is 0.0417. The Labute approximate surface area is 210 Å². The van der Waals surface area contributed by atoms with Gasteiger partial charge in [-0.15, -0.1) is 0 Å². The van der Waals surface area contributed by atoms with Crippen molar-refractivity contribution in [2.75, 3.05) is 4.90 Å². The number of aliphatic hydroxyl groups excluding tert-OH is 1. The minimum atomic E-state index is -1.15. The quantitative estimate of drug-likeness (QED) is 0.186. The summed E-state index contributed by atoms with van der Waals surface area (Å²) in [6.07, 6.45) is 0. The van der Waals surface area contributed by atoms with Gasteiger partial charge in [-0.2, -0.15) is 0 Å². The number of aromatic hydroxyl groups is 1. The third kappa shape index (κ3) is 3.91. The van der Waals surface area contributed by atoms with E-state index in [-0.39, 0.29) is 42.3 Å². The molecule has 0 radical (unpaired) electrons. The van der Waals surface area contributed by atoms with E-state index in [1.54, 1.807) is 0 Å². The molecule has 1 unspecified atom stereocenters. The monoisotopic (exact) mass is 532 g/mol. The molecule has 1 aromatic heterocycles. The number of Topliss-reactive ketones (excluding diaryl/α,β-unsaturated/α-hetero) is 1. The van der Waals surface area contributed by atoms with E-state index < -0.39 is 35.1 Å². The Morgan fingerprint density at radius 1 is 0.971 bits per heavy atom. The molecular weight excluding hydrogens is 521 g/mol. The Balaban J connectivity index is 1.74. The summed E-state index contributed by atoms with van der Waals surface area (Å²) < 4.78 is 27.8. The van der Waals surface area contributed by atoms with Crippen LogP contribution in [-0.4, -0.2) is 26.9 Å². The summed E-state index contributed by atoms with van der Waals surface area (Å²) in [5, 5.41) is 21.2. The molecule has 2 N–H and O–H groups in total. The molecule has 0 saturated carbocycles. The average molecular weight is 533 g/mol. The summed E-state index contributed by atoms with van der Waals surface area (Å²) in [6.45, 7) is 0. The molecule has 1 amide bonds. The lowest BCUT2D eigenvalue weighted by Crippen LogP contribution is -2.29. The summed E-state index contributed by atoms with van der Waals surface area (Å²) in [6, 6.07) is 10.6. The van der Waals surface area contributed by atoms with E-state index in [0.29, 0.717) is 5.56 Å². The van der Waals surface area contributed by atoms with Gasteiger partial charge < -0.3 is 10.2 Å². The maximum atomic E-state index is 13.8. The molecule has 1 fully saturated rings. The number of phenolic OH excluding ortho intramolecular Hbond substituents is 1. The van der Waals surface area contributed by atoms with Crippen LogP contribution in [0.15, 0.2) is 60.2 Å². The Bertz CT molecular complexity index is 1530. The van der Waals surface area contributed by atoms with Crippen LogP contribution in [0.1, 0.15) is 17.2 Å². The number of phenols is 1. The van der Waals surface area contributed by atoms with Crippen LogP contribution < -0.4 is 4.90 Å². The van der Waals surface area contributed by atoms with Gasteiger partial charge >= 0.3 is 5.91 Å². The van der Waals surface area contributed by atoms with Crippen LogP contribution in [0.4, 0.5) is 13.9 Å². The molecule has 1 aliphatic heterocycles. The Morgan fingerprint density at radius 3 is 2.34 bits per heavy atom. The molecule has 11 heteroatoms. The standard InChI is InChI=1S/C24H12Cl2F2N2O4S/c25-13-6-3-11(7-14(13)26)21(32)19-20(10-1-4-12(31)5-2-10)30(23(34)22(19)33)24-29-17-8-15(27)16(28)9-18(17)35-24/h1-9,20,31-32H/b21-19+. The number of thiazole rings is 1. The SMILES string of the molecule is O=C1C(=O)N(c2nc3cc(F)c(F)cc3s2)C(c2ccc(O)cc2)/C1=C(\O)c1ccc(Cl)c(Cl)c1. The van der Waals surface area contributed by atoms with Gasteiger partial charge in [0.2, 0.25) is 0 Å². The van der Waals surface area contributed by atoms with Crippen molar-refractivity contribution in [2.45, 2.75) is 6.04 Å². The number of aromatic nitrogens is 1. The number of ketones is 1. The van der Waals surface area contributed by atoms with Gasteiger partial charge in [0.1, 0.15) is 11.5 Å². The van der Waals surface area contributed by atoms with Gasteiger partial charge in [-0.05, 0) is 42.0 Å². The number of halogens is 4. The predicted octanol–water partition coefficient (Wildman–Crippen LogP) is 6.21. The molecule has 6 nitrogen and oxygen atoms in total. The van der Waals surface area contributed by atoms with Crippen LogP contribution in [-0.2, 0) is 9.59 Å². The first-order valence-corrected chi connectivity index (χ1v) is 11.5. The smallest absolute Gasteiger partial charge is 0.301 e.